The number of nitrogens with one attached hydrogen (secondary N) is 2. The SMILES string of the molecule is [2H]C([2H])([2H])C1([2H])C([2H])([2H])CC([2H])(Nc2nc(NC(C)(C)C)ncc2C(N)=O)C([2H])([2H])C1([2H])O. The molecule has 0 aromatic carbocycles. The second-order valence-corrected chi connectivity index (χ2v) is 6.00. The van der Waals surface area contributed by atoms with Gasteiger partial charge in [0.2, 0.25) is 5.95 Å². The molecule has 0 aliphatic heterocycles. The van der Waals surface area contributed by atoms with Crippen molar-refractivity contribution < 1.29 is 23.6 Å². The Kier molecular flexibility index (Phi) is 2.41. The van der Waals surface area contributed by atoms with Gasteiger partial charge in [0.1, 0.15) is 5.82 Å². The smallest absolute Gasteiger partial charge is 0.254 e. The van der Waals surface area contributed by atoms with Crippen LogP contribution in [0.3, 0.4) is 0 Å². The first-order valence-electron chi connectivity index (χ1n) is 11.9. The Morgan fingerprint density at radius 2 is 2.35 bits per heavy atom. The zero-order valence-corrected chi connectivity index (χ0v) is 13.1. The van der Waals surface area contributed by atoms with Crippen molar-refractivity contribution >= 4 is 17.7 Å². The molecule has 7 nitrogen and oxygen atoms in total. The first-order valence-corrected chi connectivity index (χ1v) is 6.89. The van der Waals surface area contributed by atoms with Crippen molar-refractivity contribution in [2.75, 3.05) is 10.6 Å². The standard InChI is InChI=1S/C16H27N5O2/c1-9-5-6-10(7-12(9)22)19-14-11(13(17)23)8-18-15(20-14)21-16(2,3)4/h8-10,12,22H,5-7H2,1-4H3,(H2,17,23)(H2,18,19,20,21)/i1D3,5D2,7D2,9D,10D,12D. The van der Waals surface area contributed by atoms with Gasteiger partial charge in [0, 0.05) is 28.7 Å². The molecule has 3 unspecified atom stereocenters. The van der Waals surface area contributed by atoms with E-state index in [4.69, 9.17) is 19.4 Å². The molecule has 2 rings (SSSR count). The van der Waals surface area contributed by atoms with Crippen LogP contribution in [0.2, 0.25) is 0 Å². The summed E-state index contributed by atoms with van der Waals surface area (Å²) >= 11 is 0. The molecular formula is C16H27N5O2. The van der Waals surface area contributed by atoms with Gasteiger partial charge in [-0.2, -0.15) is 4.98 Å². The van der Waals surface area contributed by atoms with E-state index in [1.54, 1.807) is 20.8 Å². The number of anilines is 2. The molecule has 1 saturated carbocycles. The van der Waals surface area contributed by atoms with Crippen LogP contribution in [0.1, 0.15) is 70.9 Å². The quantitative estimate of drug-likeness (QED) is 0.668. The van der Waals surface area contributed by atoms with E-state index in [1.807, 2.05) is 0 Å². The van der Waals surface area contributed by atoms with Crippen molar-refractivity contribution in [3.05, 3.63) is 11.8 Å². The van der Waals surface area contributed by atoms with Crippen LogP contribution in [0.5, 0.6) is 0 Å². The lowest BCUT2D eigenvalue weighted by atomic mass is 9.85. The first kappa shape index (κ1) is 8.28. The van der Waals surface area contributed by atoms with Gasteiger partial charge in [0.05, 0.1) is 14.4 Å². The van der Waals surface area contributed by atoms with Crippen LogP contribution >= 0.6 is 0 Å². The summed E-state index contributed by atoms with van der Waals surface area (Å²) in [7, 11) is 0. The lowest BCUT2D eigenvalue weighted by Gasteiger charge is -2.32. The predicted molar refractivity (Wildman–Crippen MR) is 90.4 cm³/mol. The molecule has 1 aromatic heterocycles. The molecule has 0 saturated heterocycles. The maximum atomic E-state index is 11.9. The Bertz CT molecular complexity index is 949. The molecule has 0 radical (unpaired) electrons. The highest BCUT2D eigenvalue weighted by atomic mass is 16.3. The molecule has 5 N–H and O–H groups in total. The number of carbonyl (C=O) groups excluding carboxylic acids is 1. The van der Waals surface area contributed by atoms with E-state index in [0.717, 1.165) is 6.20 Å². The molecule has 23 heavy (non-hydrogen) atoms. The molecule has 7 heteroatoms. The van der Waals surface area contributed by atoms with Crippen molar-refractivity contribution in [1.82, 2.24) is 9.97 Å². The normalized spacial score (nSPS) is 45.9. The van der Waals surface area contributed by atoms with Gasteiger partial charge in [0.25, 0.3) is 5.91 Å². The number of nitrogens with two attached hydrogens (primary N) is 1. The third-order valence-corrected chi connectivity index (χ3v) is 2.76. The second-order valence-electron chi connectivity index (χ2n) is 6.00. The lowest BCUT2D eigenvalue weighted by Crippen LogP contribution is -2.36. The van der Waals surface area contributed by atoms with Gasteiger partial charge >= 0.3 is 0 Å². The fourth-order valence-corrected chi connectivity index (χ4v) is 1.78. The highest BCUT2D eigenvalue weighted by molar-refractivity contribution is 5.97. The second kappa shape index (κ2) is 6.70. The Hall–Kier alpha value is -1.89. The summed E-state index contributed by atoms with van der Waals surface area (Å²) in [6.45, 7) is 1.69. The summed E-state index contributed by atoms with van der Waals surface area (Å²) in [5.74, 6) is -5.28. The average Bonchev–Trinajstić information content (AvgIpc) is 2.56. The van der Waals surface area contributed by atoms with Gasteiger partial charge in [-0.15, -0.1) is 0 Å². The van der Waals surface area contributed by atoms with Gasteiger partial charge in [-0.05, 0) is 45.8 Å². The van der Waals surface area contributed by atoms with Crippen LogP contribution in [0, 0.1) is 5.89 Å². The first-order chi connectivity index (χ1) is 14.4. The Morgan fingerprint density at radius 3 is 2.96 bits per heavy atom. The van der Waals surface area contributed by atoms with E-state index in [1.165, 1.54) is 0 Å². The molecule has 1 amide bonds. The highest BCUT2D eigenvalue weighted by Gasteiger charge is 2.27. The van der Waals surface area contributed by atoms with E-state index in [9.17, 15) is 9.90 Å². The van der Waals surface area contributed by atoms with Crippen molar-refractivity contribution in [1.29, 1.82) is 0 Å². The number of amides is 1. The van der Waals surface area contributed by atoms with Crippen molar-refractivity contribution in [3.8, 4) is 0 Å². The summed E-state index contributed by atoms with van der Waals surface area (Å²) in [5, 5.41) is 15.8. The minimum atomic E-state index is -3.94. The predicted octanol–water partition coefficient (Wildman–Crippen LogP) is 1.75. The van der Waals surface area contributed by atoms with E-state index in [2.05, 4.69) is 20.6 Å². The number of carbonyl (C=O) groups is 1. The minimum absolute atomic E-state index is 0.0588. The Labute approximate surface area is 151 Å². The fraction of sp³-hybridized carbons (Fsp3) is 0.688. The minimum Gasteiger partial charge on any atom is -0.393 e. The van der Waals surface area contributed by atoms with Crippen LogP contribution in [0.25, 0.3) is 0 Å². The number of primary amides is 1. The Morgan fingerprint density at radius 1 is 1.61 bits per heavy atom. The van der Waals surface area contributed by atoms with Crippen LogP contribution < -0.4 is 16.4 Å². The number of nitrogens with zero attached hydrogens (tertiary/aromatic N) is 2. The van der Waals surface area contributed by atoms with E-state index >= 15 is 0 Å². The summed E-state index contributed by atoms with van der Waals surface area (Å²) in [6, 6.07) is -2.96. The molecule has 128 valence electrons. The Balaban J connectivity index is 2.69. The number of hydrogen-bond donors (Lipinski definition) is 4. The third kappa shape index (κ3) is 4.79. The molecule has 1 aromatic rings. The van der Waals surface area contributed by atoms with Gasteiger partial charge in [-0.25, -0.2) is 4.98 Å². The van der Waals surface area contributed by atoms with Crippen molar-refractivity contribution in [2.24, 2.45) is 11.6 Å². The molecule has 1 aliphatic carbocycles. The maximum Gasteiger partial charge on any atom is 0.254 e. The van der Waals surface area contributed by atoms with Crippen LogP contribution in [0.15, 0.2) is 6.20 Å². The number of aromatic nitrogens is 2. The van der Waals surface area contributed by atoms with Crippen LogP contribution in [0.4, 0.5) is 11.8 Å². The third-order valence-electron chi connectivity index (χ3n) is 2.76. The zero-order valence-electron chi connectivity index (χ0n) is 23.1. The number of aliphatic hydroxyl groups is 1. The molecule has 1 aliphatic rings. The monoisotopic (exact) mass is 331 g/mol. The average molecular weight is 331 g/mol. The summed E-state index contributed by atoms with van der Waals surface area (Å²) in [4.78, 5) is 19.8. The lowest BCUT2D eigenvalue weighted by molar-refractivity contribution is 0.0739. The maximum absolute atomic E-state index is 11.9. The van der Waals surface area contributed by atoms with Crippen LogP contribution in [-0.2, 0) is 0 Å². The molecular weight excluding hydrogens is 294 g/mol. The topological polar surface area (TPSA) is 113 Å². The summed E-state index contributed by atoms with van der Waals surface area (Å²) in [6.07, 6.45) is -11.1. The molecule has 3 atom stereocenters. The number of hydrogen-bond acceptors (Lipinski definition) is 6. The zero-order chi connectivity index (χ0) is 26.1. The van der Waals surface area contributed by atoms with Gasteiger partial charge in [-0.3, -0.25) is 4.79 Å². The molecule has 1 fully saturated rings. The molecule has 0 spiro atoms. The van der Waals surface area contributed by atoms with E-state index in [0.29, 0.717) is 0 Å². The summed E-state index contributed by atoms with van der Waals surface area (Å²) < 4.78 is 80.5. The van der Waals surface area contributed by atoms with Crippen molar-refractivity contribution in [2.45, 2.75) is 64.4 Å². The van der Waals surface area contributed by atoms with Gasteiger partial charge in [0.15, 0.2) is 0 Å². The molecule has 0 bridgehead atoms. The van der Waals surface area contributed by atoms with Gasteiger partial charge < -0.3 is 21.5 Å². The van der Waals surface area contributed by atoms with Crippen molar-refractivity contribution in [3.63, 3.8) is 0 Å². The highest BCUT2D eigenvalue weighted by Crippen LogP contribution is 2.27. The number of rotatable bonds is 4. The molecule has 1 heterocycles. The fourth-order valence-electron chi connectivity index (χ4n) is 1.78. The van der Waals surface area contributed by atoms with Gasteiger partial charge in [-0.1, -0.05) is 6.85 Å². The largest absolute Gasteiger partial charge is 0.393 e. The summed E-state index contributed by atoms with van der Waals surface area (Å²) in [5.41, 5.74) is 4.37. The van der Waals surface area contributed by atoms with E-state index < -0.39 is 66.8 Å². The van der Waals surface area contributed by atoms with Crippen LogP contribution in [-0.4, -0.2) is 38.6 Å². The van der Waals surface area contributed by atoms with E-state index in [-0.39, 0.29) is 5.95 Å².